The predicted octanol–water partition coefficient (Wildman–Crippen LogP) is 2.62. The van der Waals surface area contributed by atoms with Crippen molar-refractivity contribution >= 4 is 21.4 Å². The molecule has 0 aliphatic heterocycles. The molecule has 2 aromatic rings. The highest BCUT2D eigenvalue weighted by atomic mass is 32.2. The number of rotatable bonds is 3. The molecule has 1 aromatic heterocycles. The summed E-state index contributed by atoms with van der Waals surface area (Å²) in [5, 5.41) is 6.92. The molecule has 0 unspecified atom stereocenters. The Morgan fingerprint density at radius 3 is 2.35 bits per heavy atom. The Morgan fingerprint density at radius 2 is 1.82 bits per heavy atom. The van der Waals surface area contributed by atoms with Crippen LogP contribution in [0.1, 0.15) is 12.5 Å². The monoisotopic (exact) mass is 267 g/mol. The molecular weight excluding hydrogens is 254 g/mol. The fourth-order valence-corrected chi connectivity index (χ4v) is 3.49. The third kappa shape index (κ3) is 2.57. The van der Waals surface area contributed by atoms with E-state index in [2.05, 4.69) is 6.92 Å². The molecule has 0 fully saturated rings. The molecule has 5 heteroatoms. The van der Waals surface area contributed by atoms with Gasteiger partial charge in [-0.3, -0.25) is 0 Å². The van der Waals surface area contributed by atoms with E-state index in [1.807, 2.05) is 24.3 Å². The quantitative estimate of drug-likeness (QED) is 0.929. The first-order valence-corrected chi connectivity index (χ1v) is 7.64. The van der Waals surface area contributed by atoms with Gasteiger partial charge in [0.2, 0.25) is 10.0 Å². The third-order valence-electron chi connectivity index (χ3n) is 2.56. The van der Waals surface area contributed by atoms with Gasteiger partial charge in [-0.05, 0) is 29.0 Å². The summed E-state index contributed by atoms with van der Waals surface area (Å²) in [6, 6.07) is 9.64. The zero-order chi connectivity index (χ0) is 12.5. The molecule has 0 spiro atoms. The van der Waals surface area contributed by atoms with Crippen LogP contribution in [0.4, 0.5) is 0 Å². The van der Waals surface area contributed by atoms with Gasteiger partial charge in [0.05, 0.1) is 0 Å². The van der Waals surface area contributed by atoms with Crippen molar-refractivity contribution in [3.05, 3.63) is 41.3 Å². The van der Waals surface area contributed by atoms with Crippen LogP contribution in [-0.4, -0.2) is 8.42 Å². The van der Waals surface area contributed by atoms with Gasteiger partial charge in [0.1, 0.15) is 4.21 Å². The second-order valence-electron chi connectivity index (χ2n) is 3.72. The van der Waals surface area contributed by atoms with Crippen molar-refractivity contribution in [2.24, 2.45) is 5.14 Å². The van der Waals surface area contributed by atoms with Crippen LogP contribution in [0.25, 0.3) is 11.1 Å². The van der Waals surface area contributed by atoms with Gasteiger partial charge in [-0.2, -0.15) is 0 Å². The highest BCUT2D eigenvalue weighted by molar-refractivity contribution is 7.91. The summed E-state index contributed by atoms with van der Waals surface area (Å²) in [6.07, 6.45) is 0.964. The molecule has 0 bridgehead atoms. The van der Waals surface area contributed by atoms with E-state index in [-0.39, 0.29) is 4.21 Å². The minimum Gasteiger partial charge on any atom is -0.224 e. The van der Waals surface area contributed by atoms with Gasteiger partial charge in [-0.1, -0.05) is 31.2 Å². The molecule has 0 aliphatic carbocycles. The summed E-state index contributed by atoms with van der Waals surface area (Å²) in [7, 11) is -3.64. The normalized spacial score (nSPS) is 11.6. The van der Waals surface area contributed by atoms with E-state index < -0.39 is 10.0 Å². The summed E-state index contributed by atoms with van der Waals surface area (Å²) in [4.78, 5) is 0. The Bertz CT molecular complexity index is 612. The Labute approximate surface area is 105 Å². The number of nitrogens with two attached hydrogens (primary N) is 1. The Morgan fingerprint density at radius 1 is 1.18 bits per heavy atom. The number of benzene rings is 1. The van der Waals surface area contributed by atoms with E-state index in [1.54, 1.807) is 11.4 Å². The molecule has 2 N–H and O–H groups in total. The summed E-state index contributed by atoms with van der Waals surface area (Å²) < 4.78 is 23.0. The second-order valence-corrected chi connectivity index (χ2v) is 6.39. The van der Waals surface area contributed by atoms with Gasteiger partial charge in [-0.15, -0.1) is 11.3 Å². The molecule has 0 saturated carbocycles. The molecule has 1 aromatic carbocycles. The standard InChI is InChI=1S/C12H13NO2S2/c1-2-9-3-5-10(6-4-9)11-7-8-16-12(11)17(13,14)15/h3-8H,2H2,1H3,(H2,13,14,15). The average molecular weight is 267 g/mol. The maximum Gasteiger partial charge on any atom is 0.248 e. The molecule has 0 atom stereocenters. The van der Waals surface area contributed by atoms with Gasteiger partial charge >= 0.3 is 0 Å². The van der Waals surface area contributed by atoms with Crippen molar-refractivity contribution in [1.82, 2.24) is 0 Å². The average Bonchev–Trinajstić information content (AvgIpc) is 2.78. The van der Waals surface area contributed by atoms with Gasteiger partial charge in [0.25, 0.3) is 0 Å². The van der Waals surface area contributed by atoms with E-state index in [0.717, 1.165) is 23.3 Å². The van der Waals surface area contributed by atoms with Crippen LogP contribution in [0.3, 0.4) is 0 Å². The van der Waals surface area contributed by atoms with Crippen LogP contribution in [0.15, 0.2) is 39.9 Å². The summed E-state index contributed by atoms with van der Waals surface area (Å²) in [6.45, 7) is 2.08. The van der Waals surface area contributed by atoms with Gasteiger partial charge in [-0.25, -0.2) is 13.6 Å². The van der Waals surface area contributed by atoms with Crippen LogP contribution in [0.2, 0.25) is 0 Å². The van der Waals surface area contributed by atoms with Crippen molar-refractivity contribution < 1.29 is 8.42 Å². The van der Waals surface area contributed by atoms with Crippen LogP contribution in [-0.2, 0) is 16.4 Å². The summed E-state index contributed by atoms with van der Waals surface area (Å²) >= 11 is 1.15. The van der Waals surface area contributed by atoms with E-state index in [4.69, 9.17) is 5.14 Å². The summed E-state index contributed by atoms with van der Waals surface area (Å²) in [5.41, 5.74) is 2.79. The third-order valence-corrected chi connectivity index (χ3v) is 4.99. The van der Waals surface area contributed by atoms with Crippen LogP contribution in [0, 0.1) is 0 Å². The van der Waals surface area contributed by atoms with Crippen molar-refractivity contribution in [3.63, 3.8) is 0 Å². The Hall–Kier alpha value is -1.17. The Balaban J connectivity index is 2.50. The number of sulfonamides is 1. The molecule has 1 heterocycles. The van der Waals surface area contributed by atoms with E-state index in [0.29, 0.717) is 5.56 Å². The van der Waals surface area contributed by atoms with E-state index in [9.17, 15) is 8.42 Å². The number of thiophene rings is 1. The largest absolute Gasteiger partial charge is 0.248 e. The lowest BCUT2D eigenvalue weighted by molar-refractivity contribution is 0.600. The number of hydrogen-bond donors (Lipinski definition) is 1. The lowest BCUT2D eigenvalue weighted by Gasteiger charge is -2.03. The van der Waals surface area contributed by atoms with Gasteiger partial charge in [0, 0.05) is 5.56 Å². The molecule has 90 valence electrons. The van der Waals surface area contributed by atoms with Crippen LogP contribution >= 0.6 is 11.3 Å². The van der Waals surface area contributed by atoms with Crippen molar-refractivity contribution in [2.45, 2.75) is 17.6 Å². The lowest BCUT2D eigenvalue weighted by atomic mass is 10.1. The molecule has 0 aliphatic rings. The SMILES string of the molecule is CCc1ccc(-c2ccsc2S(N)(=O)=O)cc1. The highest BCUT2D eigenvalue weighted by Crippen LogP contribution is 2.31. The minimum absolute atomic E-state index is 0.224. The fourth-order valence-electron chi connectivity index (χ4n) is 1.65. The number of primary sulfonamides is 1. The lowest BCUT2D eigenvalue weighted by Crippen LogP contribution is -2.11. The Kier molecular flexibility index (Phi) is 3.33. The summed E-state index contributed by atoms with van der Waals surface area (Å²) in [5.74, 6) is 0. The van der Waals surface area contributed by atoms with Crippen molar-refractivity contribution in [3.8, 4) is 11.1 Å². The maximum atomic E-state index is 11.4. The smallest absolute Gasteiger partial charge is 0.224 e. The van der Waals surface area contributed by atoms with E-state index >= 15 is 0 Å². The molecule has 2 rings (SSSR count). The first kappa shape index (κ1) is 12.3. The topological polar surface area (TPSA) is 60.2 Å². The molecule has 3 nitrogen and oxygen atoms in total. The van der Waals surface area contributed by atoms with Gasteiger partial charge in [0.15, 0.2) is 0 Å². The number of aryl methyl sites for hydroxylation is 1. The molecule has 0 radical (unpaired) electrons. The molecule has 0 saturated heterocycles. The van der Waals surface area contributed by atoms with Crippen LogP contribution in [0.5, 0.6) is 0 Å². The highest BCUT2D eigenvalue weighted by Gasteiger charge is 2.16. The zero-order valence-electron chi connectivity index (χ0n) is 9.38. The predicted molar refractivity (Wildman–Crippen MR) is 70.5 cm³/mol. The van der Waals surface area contributed by atoms with Crippen LogP contribution < -0.4 is 5.14 Å². The number of hydrogen-bond acceptors (Lipinski definition) is 3. The minimum atomic E-state index is -3.64. The van der Waals surface area contributed by atoms with Crippen molar-refractivity contribution in [2.75, 3.05) is 0 Å². The maximum absolute atomic E-state index is 11.4. The zero-order valence-corrected chi connectivity index (χ0v) is 11.0. The molecular formula is C12H13NO2S2. The van der Waals surface area contributed by atoms with Crippen molar-refractivity contribution in [1.29, 1.82) is 0 Å². The van der Waals surface area contributed by atoms with Gasteiger partial charge < -0.3 is 0 Å². The molecule has 0 amide bonds. The first-order valence-electron chi connectivity index (χ1n) is 5.22. The molecule has 17 heavy (non-hydrogen) atoms. The first-order chi connectivity index (χ1) is 8.02. The fraction of sp³-hybridized carbons (Fsp3) is 0.167. The van der Waals surface area contributed by atoms with E-state index in [1.165, 1.54) is 5.56 Å². The second kappa shape index (κ2) is 4.60.